The van der Waals surface area contributed by atoms with E-state index >= 15 is 0 Å². The lowest BCUT2D eigenvalue weighted by atomic mass is 10.1. The number of hydrogen-bond donors (Lipinski definition) is 2. The molecular weight excluding hydrogens is 394 g/mol. The highest BCUT2D eigenvalue weighted by atomic mass is 31.2. The average molecular weight is 414 g/mol. The van der Waals surface area contributed by atoms with E-state index in [-0.39, 0.29) is 34.1 Å². The minimum Gasteiger partial charge on any atom is -0.493 e. The van der Waals surface area contributed by atoms with E-state index in [0.29, 0.717) is 5.75 Å². The van der Waals surface area contributed by atoms with Crippen molar-refractivity contribution < 1.29 is 42.2 Å². The first-order chi connectivity index (χ1) is 13.2. The summed E-state index contributed by atoms with van der Waals surface area (Å²) >= 11 is 0. The van der Waals surface area contributed by atoms with Gasteiger partial charge in [-0.05, 0) is 35.9 Å². The summed E-state index contributed by atoms with van der Waals surface area (Å²) in [6.45, 7) is 0. The largest absolute Gasteiger partial charge is 0.524 e. The summed E-state index contributed by atoms with van der Waals surface area (Å²) in [7, 11) is 0.767. The van der Waals surface area contributed by atoms with Gasteiger partial charge < -0.3 is 23.5 Å². The van der Waals surface area contributed by atoms with Crippen molar-refractivity contribution in [3.05, 3.63) is 41.5 Å². The number of hydrogen-bond acceptors (Lipinski definition) is 6. The molecule has 152 valence electrons. The normalized spacial score (nSPS) is 11.8. The zero-order valence-electron chi connectivity index (χ0n) is 15.6. The Hall–Kier alpha value is -2.74. The molecule has 0 unspecified atom stereocenters. The van der Waals surface area contributed by atoms with E-state index in [4.69, 9.17) is 28.7 Å². The summed E-state index contributed by atoms with van der Waals surface area (Å²) in [6, 6.07) is 7.02. The molecule has 0 saturated heterocycles. The van der Waals surface area contributed by atoms with Crippen LogP contribution in [0.2, 0.25) is 0 Å². The quantitative estimate of drug-likeness (QED) is 0.498. The van der Waals surface area contributed by atoms with E-state index in [2.05, 4.69) is 4.52 Å². The Labute approximate surface area is 161 Å². The number of halogens is 1. The van der Waals surface area contributed by atoms with Crippen LogP contribution in [0.1, 0.15) is 11.1 Å². The molecule has 8 nitrogen and oxygen atoms in total. The zero-order chi connectivity index (χ0) is 20.9. The minimum absolute atomic E-state index is 0.0914. The molecule has 0 amide bonds. The van der Waals surface area contributed by atoms with Gasteiger partial charge in [0, 0.05) is 5.56 Å². The molecule has 0 saturated carbocycles. The highest BCUT2D eigenvalue weighted by Crippen LogP contribution is 2.43. The lowest BCUT2D eigenvalue weighted by Crippen LogP contribution is -1.96. The monoisotopic (exact) mass is 414 g/mol. The highest BCUT2D eigenvalue weighted by Gasteiger charge is 2.20. The lowest BCUT2D eigenvalue weighted by Gasteiger charge is -2.14. The number of rotatable bonds is 8. The fourth-order valence-electron chi connectivity index (χ4n) is 2.43. The molecule has 0 aromatic heterocycles. The molecule has 2 aromatic rings. The number of ether oxygens (including phenoxy) is 4. The molecule has 2 N–H and O–H groups in total. The van der Waals surface area contributed by atoms with E-state index in [1.807, 2.05) is 0 Å². The van der Waals surface area contributed by atoms with Crippen molar-refractivity contribution in [1.29, 1.82) is 0 Å². The van der Waals surface area contributed by atoms with Gasteiger partial charge >= 0.3 is 7.82 Å². The summed E-state index contributed by atoms with van der Waals surface area (Å²) in [4.78, 5) is 18.0. The Morgan fingerprint density at radius 3 is 1.93 bits per heavy atom. The van der Waals surface area contributed by atoms with Crippen LogP contribution in [0.25, 0.3) is 11.9 Å². The van der Waals surface area contributed by atoms with Crippen molar-refractivity contribution >= 4 is 19.7 Å². The summed E-state index contributed by atoms with van der Waals surface area (Å²) in [5.74, 6) is 0.104. The lowest BCUT2D eigenvalue weighted by molar-refractivity contribution is 0.276. The molecule has 0 spiro atoms. The topological polar surface area (TPSA) is 104 Å². The van der Waals surface area contributed by atoms with Gasteiger partial charge in [0.1, 0.15) is 5.83 Å². The predicted molar refractivity (Wildman–Crippen MR) is 101 cm³/mol. The fourth-order valence-corrected chi connectivity index (χ4v) is 2.83. The zero-order valence-corrected chi connectivity index (χ0v) is 16.5. The van der Waals surface area contributed by atoms with E-state index in [1.54, 1.807) is 0 Å². The van der Waals surface area contributed by atoms with Gasteiger partial charge in [0.2, 0.25) is 5.75 Å². The third-order valence-corrected chi connectivity index (χ3v) is 4.07. The average Bonchev–Trinajstić information content (AvgIpc) is 2.65. The Kier molecular flexibility index (Phi) is 6.90. The molecule has 0 aliphatic rings. The Morgan fingerprint density at radius 2 is 1.46 bits per heavy atom. The molecule has 2 aromatic carbocycles. The van der Waals surface area contributed by atoms with Crippen LogP contribution >= 0.6 is 7.82 Å². The summed E-state index contributed by atoms with van der Waals surface area (Å²) in [5.41, 5.74) is 0.443. The molecule has 0 heterocycles. The second kappa shape index (κ2) is 8.97. The van der Waals surface area contributed by atoms with E-state index in [9.17, 15) is 8.96 Å². The Bertz CT molecular complexity index is 897. The van der Waals surface area contributed by atoms with Crippen molar-refractivity contribution in [2.75, 3.05) is 28.4 Å². The van der Waals surface area contributed by atoms with Crippen LogP contribution in [-0.4, -0.2) is 38.2 Å². The smallest absolute Gasteiger partial charge is 0.493 e. The van der Waals surface area contributed by atoms with Crippen LogP contribution in [-0.2, 0) is 4.57 Å². The second-order valence-corrected chi connectivity index (χ2v) is 6.56. The number of phosphoric acid groups is 1. The number of methoxy groups -OCH3 is 4. The SMILES string of the molecule is COc1ccc(/C=C(\F)c2cc(OC)c(OC)c(OC)c2)cc1OP(=O)(O)O. The summed E-state index contributed by atoms with van der Waals surface area (Å²) in [5, 5.41) is 0. The Balaban J connectivity index is 2.48. The first kappa shape index (κ1) is 21.6. The first-order valence-corrected chi connectivity index (χ1v) is 9.36. The van der Waals surface area contributed by atoms with Crippen LogP contribution in [0.15, 0.2) is 30.3 Å². The molecule has 0 aliphatic carbocycles. The van der Waals surface area contributed by atoms with E-state index in [1.165, 1.54) is 58.8 Å². The molecule has 0 bridgehead atoms. The summed E-state index contributed by atoms with van der Waals surface area (Å²) < 4.78 is 51.1. The van der Waals surface area contributed by atoms with Crippen molar-refractivity contribution in [1.82, 2.24) is 0 Å². The van der Waals surface area contributed by atoms with Gasteiger partial charge in [-0.15, -0.1) is 0 Å². The third-order valence-electron chi connectivity index (χ3n) is 3.64. The molecule has 0 radical (unpaired) electrons. The van der Waals surface area contributed by atoms with Crippen molar-refractivity contribution in [3.8, 4) is 28.7 Å². The van der Waals surface area contributed by atoms with Crippen molar-refractivity contribution in [2.24, 2.45) is 0 Å². The maximum Gasteiger partial charge on any atom is 0.524 e. The summed E-state index contributed by atoms with van der Waals surface area (Å²) in [6.07, 6.45) is 1.16. The van der Waals surface area contributed by atoms with Gasteiger partial charge in [-0.25, -0.2) is 8.96 Å². The molecule has 10 heteroatoms. The molecule has 2 rings (SSSR count). The number of phosphoric ester groups is 1. The van der Waals surface area contributed by atoms with Gasteiger partial charge in [-0.2, -0.15) is 0 Å². The van der Waals surface area contributed by atoms with Gasteiger partial charge in [-0.3, -0.25) is 9.79 Å². The van der Waals surface area contributed by atoms with Gasteiger partial charge in [0.15, 0.2) is 23.0 Å². The highest BCUT2D eigenvalue weighted by molar-refractivity contribution is 7.46. The van der Waals surface area contributed by atoms with Crippen LogP contribution in [0.3, 0.4) is 0 Å². The molecule has 0 fully saturated rings. The molecule has 28 heavy (non-hydrogen) atoms. The van der Waals surface area contributed by atoms with Crippen molar-refractivity contribution in [2.45, 2.75) is 0 Å². The predicted octanol–water partition coefficient (Wildman–Crippen LogP) is 3.66. The molecular formula is C18H20FO8P. The van der Waals surface area contributed by atoms with E-state index < -0.39 is 13.6 Å². The fraction of sp³-hybridized carbons (Fsp3) is 0.222. The maximum atomic E-state index is 14.8. The standard InChI is InChI=1S/C18H20FO8P/c1-23-14-6-5-11(8-15(14)27-28(20,21)22)7-13(19)12-9-16(24-2)18(26-4)17(10-12)25-3/h5-10H,1-4H3,(H2,20,21,22)/b13-7-. The van der Waals surface area contributed by atoms with Gasteiger partial charge in [-0.1, -0.05) is 6.07 Å². The number of benzene rings is 2. The minimum atomic E-state index is -4.81. The van der Waals surface area contributed by atoms with Gasteiger partial charge in [0.25, 0.3) is 0 Å². The van der Waals surface area contributed by atoms with Crippen LogP contribution in [0.4, 0.5) is 4.39 Å². The van der Waals surface area contributed by atoms with Crippen LogP contribution in [0.5, 0.6) is 28.7 Å². The Morgan fingerprint density at radius 1 is 0.893 bits per heavy atom. The molecule has 0 aliphatic heterocycles. The van der Waals surface area contributed by atoms with E-state index in [0.717, 1.165) is 6.08 Å². The molecule has 0 atom stereocenters. The van der Waals surface area contributed by atoms with Gasteiger partial charge in [0.05, 0.1) is 28.4 Å². The second-order valence-electron chi connectivity index (χ2n) is 5.40. The first-order valence-electron chi connectivity index (χ1n) is 7.83. The van der Waals surface area contributed by atoms with Crippen LogP contribution < -0.4 is 23.5 Å². The van der Waals surface area contributed by atoms with Crippen molar-refractivity contribution in [3.63, 3.8) is 0 Å². The van der Waals surface area contributed by atoms with Crippen LogP contribution in [0, 0.1) is 0 Å². The third kappa shape index (κ3) is 5.16. The maximum absolute atomic E-state index is 14.8.